The van der Waals surface area contributed by atoms with Crippen molar-refractivity contribution in [1.29, 1.82) is 0 Å². The molecule has 0 heterocycles. The maximum Gasteiger partial charge on any atom is 0.0432 e. The number of hydrogen-bond donors (Lipinski definition) is 0. The summed E-state index contributed by atoms with van der Waals surface area (Å²) in [6.45, 7) is 4.34. The first-order valence-electron chi connectivity index (χ1n) is 2.77. The molecule has 0 aromatic carbocycles. The Hall–Kier alpha value is 0.290. The molecule has 1 radical (unpaired) electrons. The minimum absolute atomic E-state index is 0.421. The molecule has 41 valence electrons. The molecular formula is C6H10Cl. The molecule has 0 nitrogen and oxygen atoms in total. The van der Waals surface area contributed by atoms with Crippen molar-refractivity contribution in [2.45, 2.75) is 25.6 Å². The number of rotatable bonds is 1. The van der Waals surface area contributed by atoms with Gasteiger partial charge in [-0.05, 0) is 18.3 Å². The van der Waals surface area contributed by atoms with E-state index in [0.29, 0.717) is 11.3 Å². The summed E-state index contributed by atoms with van der Waals surface area (Å²) in [5.41, 5.74) is 0. The van der Waals surface area contributed by atoms with Crippen LogP contribution in [0.3, 0.4) is 0 Å². The molecule has 2 atom stereocenters. The first kappa shape index (κ1) is 5.43. The number of halogens is 1. The SMILES string of the molecule is CC[C]1C(C)C1Cl. The Balaban J connectivity index is 2.24. The quantitative estimate of drug-likeness (QED) is 0.462. The van der Waals surface area contributed by atoms with Gasteiger partial charge in [-0.15, -0.1) is 11.6 Å². The summed E-state index contributed by atoms with van der Waals surface area (Å²) in [5, 5.41) is 0.421. The zero-order valence-corrected chi connectivity index (χ0v) is 5.50. The van der Waals surface area contributed by atoms with E-state index in [-0.39, 0.29) is 0 Å². The third-order valence-corrected chi connectivity index (χ3v) is 2.34. The standard InChI is InChI=1S/C6H10Cl/c1-3-5-4(2)6(5)7/h4,6H,3H2,1-2H3. The van der Waals surface area contributed by atoms with E-state index in [1.54, 1.807) is 0 Å². The van der Waals surface area contributed by atoms with Crippen molar-refractivity contribution in [3.63, 3.8) is 0 Å². The molecule has 0 aromatic rings. The Morgan fingerprint density at radius 3 is 2.14 bits per heavy atom. The summed E-state index contributed by atoms with van der Waals surface area (Å²) in [7, 11) is 0. The highest BCUT2D eigenvalue weighted by Crippen LogP contribution is 2.47. The summed E-state index contributed by atoms with van der Waals surface area (Å²) >= 11 is 5.77. The first-order valence-corrected chi connectivity index (χ1v) is 3.20. The van der Waals surface area contributed by atoms with Crippen LogP contribution in [0.4, 0.5) is 0 Å². The van der Waals surface area contributed by atoms with Gasteiger partial charge in [0.2, 0.25) is 0 Å². The molecule has 0 amide bonds. The summed E-state index contributed by atoms with van der Waals surface area (Å²) in [6, 6.07) is 0. The van der Waals surface area contributed by atoms with Gasteiger partial charge in [0, 0.05) is 5.38 Å². The Morgan fingerprint density at radius 2 is 2.14 bits per heavy atom. The van der Waals surface area contributed by atoms with E-state index in [4.69, 9.17) is 11.6 Å². The van der Waals surface area contributed by atoms with Crippen LogP contribution >= 0.6 is 11.6 Å². The van der Waals surface area contributed by atoms with Gasteiger partial charge in [0.05, 0.1) is 0 Å². The zero-order valence-electron chi connectivity index (χ0n) is 4.74. The average Bonchev–Trinajstić information content (AvgIpc) is 2.17. The van der Waals surface area contributed by atoms with Crippen molar-refractivity contribution in [3.8, 4) is 0 Å². The van der Waals surface area contributed by atoms with Crippen LogP contribution in [-0.2, 0) is 0 Å². The molecule has 0 spiro atoms. The molecule has 1 heteroatoms. The highest BCUT2D eigenvalue weighted by atomic mass is 35.5. The van der Waals surface area contributed by atoms with Crippen molar-refractivity contribution in [2.24, 2.45) is 5.92 Å². The van der Waals surface area contributed by atoms with Gasteiger partial charge in [-0.1, -0.05) is 13.8 Å². The van der Waals surface area contributed by atoms with E-state index in [2.05, 4.69) is 13.8 Å². The van der Waals surface area contributed by atoms with Gasteiger partial charge >= 0.3 is 0 Å². The topological polar surface area (TPSA) is 0 Å². The molecule has 1 rings (SSSR count). The number of hydrogen-bond acceptors (Lipinski definition) is 0. The van der Waals surface area contributed by atoms with E-state index in [0.717, 1.165) is 0 Å². The average molecular weight is 118 g/mol. The lowest BCUT2D eigenvalue weighted by Gasteiger charge is -1.78. The molecular weight excluding hydrogens is 108 g/mol. The van der Waals surface area contributed by atoms with Crippen LogP contribution in [-0.4, -0.2) is 5.38 Å². The van der Waals surface area contributed by atoms with Crippen molar-refractivity contribution >= 4 is 11.6 Å². The highest BCUT2D eigenvalue weighted by Gasteiger charge is 2.43. The van der Waals surface area contributed by atoms with E-state index in [1.807, 2.05) is 0 Å². The van der Waals surface area contributed by atoms with E-state index in [9.17, 15) is 0 Å². The van der Waals surface area contributed by atoms with Gasteiger partial charge in [-0.25, -0.2) is 0 Å². The lowest BCUT2D eigenvalue weighted by molar-refractivity contribution is 0.937. The molecule has 1 fully saturated rings. The molecule has 0 N–H and O–H groups in total. The second kappa shape index (κ2) is 1.66. The van der Waals surface area contributed by atoms with E-state index in [1.165, 1.54) is 12.3 Å². The van der Waals surface area contributed by atoms with Crippen LogP contribution in [0, 0.1) is 11.8 Å². The molecule has 0 saturated heterocycles. The van der Waals surface area contributed by atoms with Gasteiger partial charge < -0.3 is 0 Å². The van der Waals surface area contributed by atoms with Crippen molar-refractivity contribution in [3.05, 3.63) is 5.92 Å². The number of alkyl halides is 1. The molecule has 2 unspecified atom stereocenters. The van der Waals surface area contributed by atoms with Crippen LogP contribution in [0.2, 0.25) is 0 Å². The Labute approximate surface area is 49.9 Å². The Kier molecular flexibility index (Phi) is 1.29. The zero-order chi connectivity index (χ0) is 5.44. The summed E-state index contributed by atoms with van der Waals surface area (Å²) in [5.74, 6) is 2.24. The minimum Gasteiger partial charge on any atom is -0.122 e. The highest BCUT2D eigenvalue weighted by molar-refractivity contribution is 6.25. The lowest BCUT2D eigenvalue weighted by atomic mass is 10.3. The van der Waals surface area contributed by atoms with Crippen LogP contribution < -0.4 is 0 Å². The fourth-order valence-corrected chi connectivity index (χ4v) is 1.38. The molecule has 0 aliphatic heterocycles. The van der Waals surface area contributed by atoms with Crippen molar-refractivity contribution in [1.82, 2.24) is 0 Å². The predicted octanol–water partition coefficient (Wildman–Crippen LogP) is 2.23. The molecule has 1 aliphatic rings. The summed E-state index contributed by atoms with van der Waals surface area (Å²) < 4.78 is 0. The molecule has 0 bridgehead atoms. The van der Waals surface area contributed by atoms with Gasteiger partial charge in [0.1, 0.15) is 0 Å². The van der Waals surface area contributed by atoms with E-state index >= 15 is 0 Å². The normalized spacial score (nSPS) is 41.6. The smallest absolute Gasteiger partial charge is 0.0432 e. The fourth-order valence-electron chi connectivity index (χ4n) is 0.934. The first-order chi connectivity index (χ1) is 3.27. The molecule has 1 aliphatic carbocycles. The second-order valence-corrected chi connectivity index (χ2v) is 2.59. The van der Waals surface area contributed by atoms with Gasteiger partial charge in [0.15, 0.2) is 0 Å². The maximum absolute atomic E-state index is 5.77. The van der Waals surface area contributed by atoms with Crippen LogP contribution in [0.1, 0.15) is 20.3 Å². The van der Waals surface area contributed by atoms with E-state index < -0.39 is 0 Å². The van der Waals surface area contributed by atoms with Crippen LogP contribution in [0.5, 0.6) is 0 Å². The molecule has 7 heavy (non-hydrogen) atoms. The largest absolute Gasteiger partial charge is 0.122 e. The maximum atomic E-state index is 5.77. The van der Waals surface area contributed by atoms with Crippen LogP contribution in [0.15, 0.2) is 0 Å². The Morgan fingerprint density at radius 1 is 1.71 bits per heavy atom. The Bertz CT molecular complexity index is 62.6. The predicted molar refractivity (Wildman–Crippen MR) is 32.3 cm³/mol. The van der Waals surface area contributed by atoms with Crippen molar-refractivity contribution in [2.75, 3.05) is 0 Å². The van der Waals surface area contributed by atoms with Gasteiger partial charge in [-0.3, -0.25) is 0 Å². The third kappa shape index (κ3) is 0.766. The van der Waals surface area contributed by atoms with Gasteiger partial charge in [-0.2, -0.15) is 0 Å². The fraction of sp³-hybridized carbons (Fsp3) is 0.833. The lowest BCUT2D eigenvalue weighted by Crippen LogP contribution is -1.67. The minimum atomic E-state index is 0.421. The molecule has 1 saturated carbocycles. The molecule has 0 aromatic heterocycles. The summed E-state index contributed by atoms with van der Waals surface area (Å²) in [4.78, 5) is 0. The second-order valence-electron chi connectivity index (χ2n) is 2.12. The van der Waals surface area contributed by atoms with Gasteiger partial charge in [0.25, 0.3) is 0 Å². The van der Waals surface area contributed by atoms with Crippen LogP contribution in [0.25, 0.3) is 0 Å². The van der Waals surface area contributed by atoms with Crippen molar-refractivity contribution < 1.29 is 0 Å². The third-order valence-electron chi connectivity index (χ3n) is 1.68. The monoisotopic (exact) mass is 117 g/mol. The summed E-state index contributed by atoms with van der Waals surface area (Å²) in [6.07, 6.45) is 1.18.